The number of amides is 1. The van der Waals surface area contributed by atoms with Gasteiger partial charge in [-0.25, -0.2) is 0 Å². The van der Waals surface area contributed by atoms with E-state index in [0.29, 0.717) is 18.5 Å². The lowest BCUT2D eigenvalue weighted by molar-refractivity contribution is -0.385. The predicted octanol–water partition coefficient (Wildman–Crippen LogP) is 2.10. The molecule has 22 heavy (non-hydrogen) atoms. The zero-order valence-electron chi connectivity index (χ0n) is 12.4. The first-order chi connectivity index (χ1) is 10.3. The number of nitrogens with zero attached hydrogens (tertiary/aromatic N) is 1. The van der Waals surface area contributed by atoms with Crippen molar-refractivity contribution in [1.29, 1.82) is 0 Å². The molecule has 0 aromatic heterocycles. The highest BCUT2D eigenvalue weighted by Crippen LogP contribution is 2.32. The number of benzene rings is 1. The van der Waals surface area contributed by atoms with Gasteiger partial charge < -0.3 is 5.43 Å². The van der Waals surface area contributed by atoms with Crippen LogP contribution in [0.3, 0.4) is 0 Å². The number of nitro groups is 1. The van der Waals surface area contributed by atoms with Crippen molar-refractivity contribution in [2.45, 2.75) is 26.7 Å². The lowest BCUT2D eigenvalue weighted by Crippen LogP contribution is -2.40. The molecule has 7 heteroatoms. The van der Waals surface area contributed by atoms with Gasteiger partial charge in [0.05, 0.1) is 4.92 Å². The van der Waals surface area contributed by atoms with Crippen LogP contribution in [0, 0.1) is 15.5 Å². The zero-order chi connectivity index (χ0) is 16.3. The number of ketones is 1. The van der Waals surface area contributed by atoms with Crippen molar-refractivity contribution in [3.05, 3.63) is 51.7 Å². The Labute approximate surface area is 127 Å². The fraction of sp³-hybridized carbons (Fsp3) is 0.333. The van der Waals surface area contributed by atoms with Crippen LogP contribution in [0.2, 0.25) is 0 Å². The monoisotopic (exact) mass is 303 g/mol. The van der Waals surface area contributed by atoms with E-state index in [-0.39, 0.29) is 22.4 Å². The molecule has 0 saturated carbocycles. The van der Waals surface area contributed by atoms with E-state index in [9.17, 15) is 19.7 Å². The summed E-state index contributed by atoms with van der Waals surface area (Å²) in [5.41, 5.74) is 5.20. The van der Waals surface area contributed by atoms with E-state index in [4.69, 9.17) is 0 Å². The third-order valence-electron chi connectivity index (χ3n) is 3.34. The SMILES string of the molecule is CC1(C)CC(=O)C=C(NNC(=O)c2ccccc2[N+](=O)[O-])C1. The quantitative estimate of drug-likeness (QED) is 0.655. The molecule has 2 rings (SSSR count). The minimum absolute atomic E-state index is 0.0151. The van der Waals surface area contributed by atoms with Crippen LogP contribution in [0.4, 0.5) is 5.69 Å². The van der Waals surface area contributed by atoms with Crippen LogP contribution < -0.4 is 10.9 Å². The Bertz CT molecular complexity index is 665. The Kier molecular flexibility index (Phi) is 4.25. The smallest absolute Gasteiger partial charge is 0.282 e. The van der Waals surface area contributed by atoms with Crippen LogP contribution in [-0.2, 0) is 4.79 Å². The van der Waals surface area contributed by atoms with Gasteiger partial charge in [-0.2, -0.15) is 0 Å². The highest BCUT2D eigenvalue weighted by atomic mass is 16.6. The number of hydrazine groups is 1. The maximum absolute atomic E-state index is 12.1. The molecule has 1 amide bonds. The molecule has 0 heterocycles. The maximum atomic E-state index is 12.1. The summed E-state index contributed by atoms with van der Waals surface area (Å²) in [6, 6.07) is 5.68. The van der Waals surface area contributed by atoms with E-state index in [1.807, 2.05) is 13.8 Å². The molecule has 1 aromatic carbocycles. The Morgan fingerprint density at radius 1 is 1.27 bits per heavy atom. The Morgan fingerprint density at radius 3 is 2.59 bits per heavy atom. The lowest BCUT2D eigenvalue weighted by atomic mass is 9.79. The van der Waals surface area contributed by atoms with Crippen LogP contribution in [0.25, 0.3) is 0 Å². The minimum atomic E-state index is -0.621. The second-order valence-electron chi connectivity index (χ2n) is 6.01. The topological polar surface area (TPSA) is 101 Å². The van der Waals surface area contributed by atoms with Gasteiger partial charge in [0.1, 0.15) is 5.56 Å². The number of carbonyl (C=O) groups excluding carboxylic acids is 2. The maximum Gasteiger partial charge on any atom is 0.282 e. The molecule has 1 aliphatic carbocycles. The highest BCUT2D eigenvalue weighted by Gasteiger charge is 2.28. The number of nitro benzene ring substituents is 1. The molecule has 0 aliphatic heterocycles. The van der Waals surface area contributed by atoms with E-state index in [1.54, 1.807) is 6.07 Å². The highest BCUT2D eigenvalue weighted by molar-refractivity contribution is 5.98. The van der Waals surface area contributed by atoms with E-state index >= 15 is 0 Å². The summed E-state index contributed by atoms with van der Waals surface area (Å²) in [6.45, 7) is 3.92. The largest absolute Gasteiger partial charge is 0.302 e. The van der Waals surface area contributed by atoms with Crippen molar-refractivity contribution in [1.82, 2.24) is 10.9 Å². The van der Waals surface area contributed by atoms with Gasteiger partial charge in [0.2, 0.25) is 0 Å². The van der Waals surface area contributed by atoms with Crippen molar-refractivity contribution in [2.75, 3.05) is 0 Å². The summed E-state index contributed by atoms with van der Waals surface area (Å²) in [7, 11) is 0. The second kappa shape index (κ2) is 5.97. The number of carbonyl (C=O) groups is 2. The molecule has 0 fully saturated rings. The molecule has 7 nitrogen and oxygen atoms in total. The van der Waals surface area contributed by atoms with Gasteiger partial charge in [-0.3, -0.25) is 25.1 Å². The number of hydrogen-bond acceptors (Lipinski definition) is 5. The molecule has 116 valence electrons. The summed E-state index contributed by atoms with van der Waals surface area (Å²) in [6.07, 6.45) is 2.51. The first-order valence-electron chi connectivity index (χ1n) is 6.82. The van der Waals surface area contributed by atoms with Gasteiger partial charge >= 0.3 is 0 Å². The molecule has 2 N–H and O–H groups in total. The van der Waals surface area contributed by atoms with Crippen LogP contribution in [-0.4, -0.2) is 16.6 Å². The third-order valence-corrected chi connectivity index (χ3v) is 3.34. The first kappa shape index (κ1) is 15.7. The van der Waals surface area contributed by atoms with E-state index in [2.05, 4.69) is 10.9 Å². The number of para-hydroxylation sites is 1. The molecule has 0 radical (unpaired) electrons. The van der Waals surface area contributed by atoms with Crippen LogP contribution >= 0.6 is 0 Å². The van der Waals surface area contributed by atoms with Crippen molar-refractivity contribution in [3.63, 3.8) is 0 Å². The van der Waals surface area contributed by atoms with Crippen LogP contribution in [0.15, 0.2) is 36.0 Å². The van der Waals surface area contributed by atoms with Crippen LogP contribution in [0.5, 0.6) is 0 Å². The summed E-state index contributed by atoms with van der Waals surface area (Å²) >= 11 is 0. The molecular weight excluding hydrogens is 286 g/mol. The Balaban J connectivity index is 2.08. The van der Waals surface area contributed by atoms with Crippen molar-refractivity contribution in [2.24, 2.45) is 5.41 Å². The average molecular weight is 303 g/mol. The first-order valence-corrected chi connectivity index (χ1v) is 6.82. The van der Waals surface area contributed by atoms with Gasteiger partial charge in [-0.05, 0) is 17.9 Å². The Morgan fingerprint density at radius 2 is 1.95 bits per heavy atom. The summed E-state index contributed by atoms with van der Waals surface area (Å²) in [4.78, 5) is 34.0. The molecule has 0 spiro atoms. The normalized spacial score (nSPS) is 16.6. The molecule has 0 atom stereocenters. The standard InChI is InChI=1S/C15H17N3O4/c1-15(2)8-10(7-11(19)9-15)16-17-14(20)12-5-3-4-6-13(12)18(21)22/h3-7,16H,8-9H2,1-2H3,(H,17,20). The van der Waals surface area contributed by atoms with Gasteiger partial charge in [0.25, 0.3) is 11.6 Å². The molecule has 0 saturated heterocycles. The number of rotatable bonds is 4. The van der Waals surface area contributed by atoms with E-state index in [1.165, 1.54) is 24.3 Å². The summed E-state index contributed by atoms with van der Waals surface area (Å²) < 4.78 is 0. The predicted molar refractivity (Wildman–Crippen MR) is 79.8 cm³/mol. The molecule has 0 bridgehead atoms. The fourth-order valence-electron chi connectivity index (χ4n) is 2.46. The van der Waals surface area contributed by atoms with Gasteiger partial charge in [-0.1, -0.05) is 26.0 Å². The number of hydrogen-bond donors (Lipinski definition) is 2. The fourth-order valence-corrected chi connectivity index (χ4v) is 2.46. The second-order valence-corrected chi connectivity index (χ2v) is 6.01. The zero-order valence-corrected chi connectivity index (χ0v) is 12.4. The number of allylic oxidation sites excluding steroid dienone is 2. The number of nitrogens with one attached hydrogen (secondary N) is 2. The van der Waals surface area contributed by atoms with Crippen molar-refractivity contribution >= 4 is 17.4 Å². The molecule has 1 aliphatic rings. The summed E-state index contributed by atoms with van der Waals surface area (Å²) in [5, 5.41) is 10.9. The Hall–Kier alpha value is -2.70. The van der Waals surface area contributed by atoms with Crippen LogP contribution in [0.1, 0.15) is 37.0 Å². The van der Waals surface area contributed by atoms with Gasteiger partial charge in [0, 0.05) is 24.3 Å². The molecule has 1 aromatic rings. The van der Waals surface area contributed by atoms with Gasteiger partial charge in [0.15, 0.2) is 5.78 Å². The van der Waals surface area contributed by atoms with Gasteiger partial charge in [-0.15, -0.1) is 0 Å². The van der Waals surface area contributed by atoms with E-state index in [0.717, 1.165) is 0 Å². The summed E-state index contributed by atoms with van der Waals surface area (Å²) in [5.74, 6) is -0.636. The van der Waals surface area contributed by atoms with Crippen molar-refractivity contribution < 1.29 is 14.5 Å². The molecular formula is C15H17N3O4. The van der Waals surface area contributed by atoms with Crippen molar-refractivity contribution in [3.8, 4) is 0 Å². The average Bonchev–Trinajstić information content (AvgIpc) is 2.42. The third kappa shape index (κ3) is 3.69. The lowest BCUT2D eigenvalue weighted by Gasteiger charge is -2.29. The molecule has 0 unspecified atom stereocenters. The minimum Gasteiger partial charge on any atom is -0.302 e. The van der Waals surface area contributed by atoms with E-state index < -0.39 is 10.8 Å².